The number of hydrogen-bond acceptors (Lipinski definition) is 2. The van der Waals surface area contributed by atoms with Gasteiger partial charge in [-0.1, -0.05) is 18.2 Å². The first-order valence-corrected chi connectivity index (χ1v) is 7.23. The van der Waals surface area contributed by atoms with Crippen LogP contribution < -0.4 is 5.32 Å². The van der Waals surface area contributed by atoms with Crippen molar-refractivity contribution in [3.63, 3.8) is 0 Å². The van der Waals surface area contributed by atoms with Gasteiger partial charge in [0.2, 0.25) is 0 Å². The Morgan fingerprint density at radius 3 is 2.61 bits per heavy atom. The monoisotopic (exact) mass is 309 g/mol. The molecule has 3 rings (SSSR count). The fourth-order valence-corrected chi connectivity index (χ4v) is 2.37. The number of nitrogens with zero attached hydrogens (tertiary/aromatic N) is 2. The zero-order valence-electron chi connectivity index (χ0n) is 12.9. The molecule has 0 spiro atoms. The Bertz CT molecular complexity index is 870. The highest BCUT2D eigenvalue weighted by Crippen LogP contribution is 2.17. The molecule has 0 fully saturated rings. The molecule has 5 heteroatoms. The lowest BCUT2D eigenvalue weighted by Crippen LogP contribution is -2.12. The van der Waals surface area contributed by atoms with E-state index in [1.54, 1.807) is 16.8 Å². The number of benzene rings is 2. The van der Waals surface area contributed by atoms with E-state index in [1.807, 2.05) is 38.1 Å². The second-order valence-electron chi connectivity index (χ2n) is 5.39. The van der Waals surface area contributed by atoms with E-state index in [9.17, 15) is 9.18 Å². The van der Waals surface area contributed by atoms with Crippen LogP contribution in [0.15, 0.2) is 54.6 Å². The van der Waals surface area contributed by atoms with Crippen LogP contribution in [0.4, 0.5) is 10.2 Å². The van der Waals surface area contributed by atoms with Crippen molar-refractivity contribution in [1.29, 1.82) is 0 Å². The fourth-order valence-electron chi connectivity index (χ4n) is 2.37. The molecule has 0 saturated heterocycles. The molecule has 2 aromatic carbocycles. The third kappa shape index (κ3) is 3.29. The van der Waals surface area contributed by atoms with E-state index in [2.05, 4.69) is 10.4 Å². The summed E-state index contributed by atoms with van der Waals surface area (Å²) in [6.45, 7) is 3.92. The van der Waals surface area contributed by atoms with E-state index < -0.39 is 11.7 Å². The summed E-state index contributed by atoms with van der Waals surface area (Å²) in [5.41, 5.74) is 3.20. The van der Waals surface area contributed by atoms with Gasteiger partial charge >= 0.3 is 0 Å². The third-order valence-electron chi connectivity index (χ3n) is 3.46. The highest BCUT2D eigenvalue weighted by atomic mass is 19.1. The van der Waals surface area contributed by atoms with E-state index in [-0.39, 0.29) is 5.56 Å². The van der Waals surface area contributed by atoms with Crippen molar-refractivity contribution >= 4 is 11.7 Å². The smallest absolute Gasteiger partial charge is 0.256 e. The molecule has 0 unspecified atom stereocenters. The highest BCUT2D eigenvalue weighted by molar-refractivity contribution is 6.03. The molecule has 0 aliphatic heterocycles. The standard InChI is InChI=1S/C18H16FN3O/c1-12-5-3-8-16(9-12)22-13(2)10-17(21-22)20-18(23)14-6-4-7-15(19)11-14/h3-11H,1-2H3,(H,20,21,23). The van der Waals surface area contributed by atoms with E-state index >= 15 is 0 Å². The van der Waals surface area contributed by atoms with Gasteiger partial charge in [0.05, 0.1) is 5.69 Å². The topological polar surface area (TPSA) is 46.9 Å². The van der Waals surface area contributed by atoms with E-state index in [0.717, 1.165) is 16.9 Å². The Hall–Kier alpha value is -2.95. The van der Waals surface area contributed by atoms with Crippen molar-refractivity contribution in [1.82, 2.24) is 9.78 Å². The van der Waals surface area contributed by atoms with Crippen LogP contribution in [0.1, 0.15) is 21.6 Å². The maximum atomic E-state index is 13.2. The van der Waals surface area contributed by atoms with Crippen LogP contribution in [0, 0.1) is 19.7 Å². The summed E-state index contributed by atoms with van der Waals surface area (Å²) in [5.74, 6) is -0.407. The molecule has 1 N–H and O–H groups in total. The summed E-state index contributed by atoms with van der Waals surface area (Å²) in [6, 6.07) is 15.3. The average Bonchev–Trinajstić information content (AvgIpc) is 2.88. The van der Waals surface area contributed by atoms with Gasteiger partial charge < -0.3 is 5.32 Å². The van der Waals surface area contributed by atoms with Crippen LogP contribution >= 0.6 is 0 Å². The molecule has 0 radical (unpaired) electrons. The van der Waals surface area contributed by atoms with E-state index in [1.165, 1.54) is 18.2 Å². The van der Waals surface area contributed by atoms with Crippen LogP contribution in [0.25, 0.3) is 5.69 Å². The minimum absolute atomic E-state index is 0.257. The molecule has 0 bridgehead atoms. The van der Waals surface area contributed by atoms with Crippen molar-refractivity contribution in [3.8, 4) is 5.69 Å². The molecule has 0 aliphatic carbocycles. The first-order chi connectivity index (χ1) is 11.0. The largest absolute Gasteiger partial charge is 0.305 e. The number of amides is 1. The molecule has 23 heavy (non-hydrogen) atoms. The third-order valence-corrected chi connectivity index (χ3v) is 3.46. The van der Waals surface area contributed by atoms with Gasteiger partial charge in [-0.2, -0.15) is 0 Å². The number of aromatic nitrogens is 2. The van der Waals surface area contributed by atoms with Gasteiger partial charge in [0.25, 0.3) is 5.91 Å². The first-order valence-electron chi connectivity index (χ1n) is 7.23. The lowest BCUT2D eigenvalue weighted by molar-refractivity contribution is 0.102. The number of halogens is 1. The summed E-state index contributed by atoms with van der Waals surface area (Å²) in [4.78, 5) is 12.2. The molecule has 1 amide bonds. The number of anilines is 1. The summed E-state index contributed by atoms with van der Waals surface area (Å²) < 4.78 is 15.0. The quantitative estimate of drug-likeness (QED) is 0.798. The highest BCUT2D eigenvalue weighted by Gasteiger charge is 2.11. The van der Waals surface area contributed by atoms with Crippen LogP contribution in [0.3, 0.4) is 0 Å². The minimum atomic E-state index is -0.445. The Labute approximate surface area is 133 Å². The Kier molecular flexibility index (Phi) is 3.93. The molecule has 116 valence electrons. The first kappa shape index (κ1) is 15.0. The summed E-state index contributed by atoms with van der Waals surface area (Å²) >= 11 is 0. The number of hydrogen-bond donors (Lipinski definition) is 1. The molecule has 0 aliphatic rings. The van der Waals surface area contributed by atoms with Gasteiger partial charge in [0, 0.05) is 17.3 Å². The number of carbonyl (C=O) groups is 1. The van der Waals surface area contributed by atoms with Gasteiger partial charge in [0.1, 0.15) is 5.82 Å². The zero-order valence-corrected chi connectivity index (χ0v) is 12.9. The normalized spacial score (nSPS) is 10.6. The molecular formula is C18H16FN3O. The van der Waals surface area contributed by atoms with Crippen LogP contribution in [-0.4, -0.2) is 15.7 Å². The van der Waals surface area contributed by atoms with Crippen molar-refractivity contribution in [3.05, 3.63) is 77.2 Å². The van der Waals surface area contributed by atoms with E-state index in [4.69, 9.17) is 0 Å². The van der Waals surface area contributed by atoms with Crippen molar-refractivity contribution in [2.75, 3.05) is 5.32 Å². The van der Waals surface area contributed by atoms with Gasteiger partial charge in [-0.05, 0) is 49.7 Å². The van der Waals surface area contributed by atoms with Crippen LogP contribution in [-0.2, 0) is 0 Å². The number of rotatable bonds is 3. The predicted octanol–water partition coefficient (Wildman–Crippen LogP) is 3.88. The molecule has 0 atom stereocenters. The van der Waals surface area contributed by atoms with E-state index in [0.29, 0.717) is 5.82 Å². The second kappa shape index (κ2) is 6.04. The molecular weight excluding hydrogens is 293 g/mol. The Balaban J connectivity index is 1.85. The second-order valence-corrected chi connectivity index (χ2v) is 5.39. The molecule has 0 saturated carbocycles. The van der Waals surface area contributed by atoms with Gasteiger partial charge in [0.15, 0.2) is 5.82 Å². The summed E-state index contributed by atoms with van der Waals surface area (Å²) in [7, 11) is 0. The predicted molar refractivity (Wildman–Crippen MR) is 87.4 cm³/mol. The molecule has 4 nitrogen and oxygen atoms in total. The van der Waals surface area contributed by atoms with Crippen LogP contribution in [0.2, 0.25) is 0 Å². The SMILES string of the molecule is Cc1cccc(-n2nc(NC(=O)c3cccc(F)c3)cc2C)c1. The number of carbonyl (C=O) groups excluding carboxylic acids is 1. The van der Waals surface area contributed by atoms with Crippen LogP contribution in [0.5, 0.6) is 0 Å². The lowest BCUT2D eigenvalue weighted by Gasteiger charge is -2.05. The van der Waals surface area contributed by atoms with Gasteiger partial charge in [-0.25, -0.2) is 9.07 Å². The zero-order chi connectivity index (χ0) is 16.4. The van der Waals surface area contributed by atoms with Gasteiger partial charge in [-0.15, -0.1) is 5.10 Å². The molecule has 3 aromatic rings. The Morgan fingerprint density at radius 2 is 1.87 bits per heavy atom. The van der Waals surface area contributed by atoms with Crippen molar-refractivity contribution in [2.45, 2.75) is 13.8 Å². The number of aryl methyl sites for hydroxylation is 2. The Morgan fingerprint density at radius 1 is 1.09 bits per heavy atom. The van der Waals surface area contributed by atoms with Crippen molar-refractivity contribution < 1.29 is 9.18 Å². The maximum Gasteiger partial charge on any atom is 0.256 e. The summed E-state index contributed by atoms with van der Waals surface area (Å²) in [6.07, 6.45) is 0. The fraction of sp³-hybridized carbons (Fsp3) is 0.111. The van der Waals surface area contributed by atoms with Gasteiger partial charge in [-0.3, -0.25) is 4.79 Å². The average molecular weight is 309 g/mol. The molecule has 1 heterocycles. The molecule has 1 aromatic heterocycles. The number of nitrogens with one attached hydrogen (secondary N) is 1. The minimum Gasteiger partial charge on any atom is -0.305 e. The van der Waals surface area contributed by atoms with Crippen molar-refractivity contribution in [2.24, 2.45) is 0 Å². The lowest BCUT2D eigenvalue weighted by atomic mass is 10.2. The maximum absolute atomic E-state index is 13.2. The summed E-state index contributed by atoms with van der Waals surface area (Å²) in [5, 5.41) is 7.09.